The highest BCUT2D eigenvalue weighted by atomic mass is 16.2. The minimum Gasteiger partial charge on any atom is -0.338 e. The second kappa shape index (κ2) is 7.72. The van der Waals surface area contributed by atoms with Gasteiger partial charge in [-0.15, -0.1) is 0 Å². The Morgan fingerprint density at radius 1 is 1.11 bits per heavy atom. The van der Waals surface area contributed by atoms with Gasteiger partial charge in [0.25, 0.3) is 5.91 Å². The van der Waals surface area contributed by atoms with Gasteiger partial charge in [-0.1, -0.05) is 6.07 Å². The number of amides is 1. The SMILES string of the molecule is Cc1cccc(CN2CCCC3(CCCN(C(=O)c4cncnc4)C3)C2)n1. The van der Waals surface area contributed by atoms with Gasteiger partial charge in [0, 0.05) is 49.7 Å². The minimum atomic E-state index is 0.0622. The van der Waals surface area contributed by atoms with E-state index in [2.05, 4.69) is 32.0 Å². The van der Waals surface area contributed by atoms with Crippen LogP contribution in [0.15, 0.2) is 36.9 Å². The van der Waals surface area contributed by atoms with Crippen LogP contribution in [0, 0.1) is 12.3 Å². The third-order valence-corrected chi connectivity index (χ3v) is 5.83. The molecule has 6 nitrogen and oxygen atoms in total. The summed E-state index contributed by atoms with van der Waals surface area (Å²) in [6.07, 6.45) is 9.34. The first kappa shape index (κ1) is 18.0. The van der Waals surface area contributed by atoms with Crippen LogP contribution in [0.4, 0.5) is 0 Å². The molecular weight excluding hydrogens is 338 g/mol. The van der Waals surface area contributed by atoms with Crippen molar-refractivity contribution < 1.29 is 4.79 Å². The molecule has 2 fully saturated rings. The van der Waals surface area contributed by atoms with Gasteiger partial charge in [0.2, 0.25) is 0 Å². The maximum absolute atomic E-state index is 12.9. The molecule has 2 saturated heterocycles. The van der Waals surface area contributed by atoms with Gasteiger partial charge in [-0.3, -0.25) is 14.7 Å². The summed E-state index contributed by atoms with van der Waals surface area (Å²) in [6.45, 7) is 6.74. The molecule has 0 radical (unpaired) electrons. The Morgan fingerprint density at radius 3 is 2.67 bits per heavy atom. The van der Waals surface area contributed by atoms with Crippen molar-refractivity contribution in [2.24, 2.45) is 5.41 Å². The number of hydrogen-bond donors (Lipinski definition) is 0. The summed E-state index contributed by atoms with van der Waals surface area (Å²) in [4.78, 5) is 30.0. The van der Waals surface area contributed by atoms with Crippen LogP contribution in [-0.2, 0) is 6.54 Å². The quantitative estimate of drug-likeness (QED) is 0.837. The van der Waals surface area contributed by atoms with Crippen LogP contribution < -0.4 is 0 Å². The van der Waals surface area contributed by atoms with Crippen LogP contribution in [-0.4, -0.2) is 56.8 Å². The van der Waals surface area contributed by atoms with Crippen molar-refractivity contribution in [3.8, 4) is 0 Å². The Balaban J connectivity index is 1.44. The van der Waals surface area contributed by atoms with Crippen LogP contribution in [0.5, 0.6) is 0 Å². The standard InChI is InChI=1S/C21H27N5O/c1-17-5-2-6-19(24-17)13-25-9-3-7-21(14-25)8-4-10-26(15-21)20(27)18-11-22-16-23-12-18/h2,5-6,11-12,16H,3-4,7-10,13-15H2,1H3. The molecule has 2 aliphatic heterocycles. The zero-order valence-corrected chi connectivity index (χ0v) is 16.0. The molecule has 4 rings (SSSR count). The Bertz CT molecular complexity index is 792. The van der Waals surface area contributed by atoms with Gasteiger partial charge in [0.15, 0.2) is 0 Å². The number of hydrogen-bond acceptors (Lipinski definition) is 5. The molecule has 0 bridgehead atoms. The molecule has 0 aliphatic carbocycles. The number of nitrogens with zero attached hydrogens (tertiary/aromatic N) is 5. The van der Waals surface area contributed by atoms with E-state index in [1.165, 1.54) is 25.6 Å². The van der Waals surface area contributed by atoms with E-state index in [4.69, 9.17) is 0 Å². The molecule has 0 aromatic carbocycles. The first-order valence-corrected chi connectivity index (χ1v) is 9.83. The Labute approximate surface area is 160 Å². The lowest BCUT2D eigenvalue weighted by Crippen LogP contribution is -2.53. The van der Waals surface area contributed by atoms with Crippen LogP contribution in [0.25, 0.3) is 0 Å². The normalized spacial score (nSPS) is 23.5. The highest BCUT2D eigenvalue weighted by Crippen LogP contribution is 2.39. The fourth-order valence-corrected chi connectivity index (χ4v) is 4.67. The van der Waals surface area contributed by atoms with Crippen molar-refractivity contribution in [3.05, 3.63) is 53.9 Å². The van der Waals surface area contributed by atoms with Gasteiger partial charge in [-0.25, -0.2) is 9.97 Å². The maximum Gasteiger partial charge on any atom is 0.257 e. The molecule has 2 aliphatic rings. The summed E-state index contributed by atoms with van der Waals surface area (Å²) in [6, 6.07) is 6.24. The Kier molecular flexibility index (Phi) is 5.16. The first-order chi connectivity index (χ1) is 13.1. The predicted molar refractivity (Wildman–Crippen MR) is 103 cm³/mol. The molecule has 27 heavy (non-hydrogen) atoms. The molecule has 4 heterocycles. The minimum absolute atomic E-state index is 0.0622. The summed E-state index contributed by atoms with van der Waals surface area (Å²) in [5.74, 6) is 0.0622. The molecule has 142 valence electrons. The summed E-state index contributed by atoms with van der Waals surface area (Å²) in [5.41, 5.74) is 2.99. The summed E-state index contributed by atoms with van der Waals surface area (Å²) < 4.78 is 0. The topological polar surface area (TPSA) is 62.2 Å². The summed E-state index contributed by atoms with van der Waals surface area (Å²) in [7, 11) is 0. The third kappa shape index (κ3) is 4.16. The molecular formula is C21H27N5O. The molecule has 2 aromatic heterocycles. The Morgan fingerprint density at radius 2 is 1.89 bits per heavy atom. The van der Waals surface area contributed by atoms with Gasteiger partial charge >= 0.3 is 0 Å². The number of carbonyl (C=O) groups excluding carboxylic acids is 1. The van der Waals surface area contributed by atoms with E-state index in [0.717, 1.165) is 50.5 Å². The van der Waals surface area contributed by atoms with Gasteiger partial charge in [0.05, 0.1) is 11.3 Å². The fourth-order valence-electron chi connectivity index (χ4n) is 4.67. The number of carbonyl (C=O) groups is 1. The van der Waals surface area contributed by atoms with Crippen LogP contribution in [0.2, 0.25) is 0 Å². The van der Waals surface area contributed by atoms with Crippen LogP contribution >= 0.6 is 0 Å². The maximum atomic E-state index is 12.9. The van der Waals surface area contributed by atoms with Crippen molar-refractivity contribution in [2.75, 3.05) is 26.2 Å². The fraction of sp³-hybridized carbons (Fsp3) is 0.524. The second-order valence-corrected chi connectivity index (χ2v) is 8.04. The lowest BCUT2D eigenvalue weighted by atomic mass is 9.73. The monoisotopic (exact) mass is 365 g/mol. The highest BCUT2D eigenvalue weighted by Gasteiger charge is 2.40. The average Bonchev–Trinajstić information content (AvgIpc) is 2.68. The number of pyridine rings is 1. The number of rotatable bonds is 3. The number of aromatic nitrogens is 3. The van der Waals surface area contributed by atoms with Crippen molar-refractivity contribution >= 4 is 5.91 Å². The highest BCUT2D eigenvalue weighted by molar-refractivity contribution is 5.93. The lowest BCUT2D eigenvalue weighted by molar-refractivity contribution is 0.0110. The molecule has 1 amide bonds. The van der Waals surface area contributed by atoms with E-state index in [0.29, 0.717) is 5.56 Å². The molecule has 0 N–H and O–H groups in total. The van der Waals surface area contributed by atoms with E-state index < -0.39 is 0 Å². The van der Waals surface area contributed by atoms with Crippen molar-refractivity contribution in [2.45, 2.75) is 39.2 Å². The average molecular weight is 365 g/mol. The summed E-state index contributed by atoms with van der Waals surface area (Å²) in [5, 5.41) is 0. The predicted octanol–water partition coefficient (Wildman–Crippen LogP) is 2.70. The van der Waals surface area contributed by atoms with E-state index >= 15 is 0 Å². The van der Waals surface area contributed by atoms with E-state index in [1.807, 2.05) is 17.9 Å². The largest absolute Gasteiger partial charge is 0.338 e. The number of piperidine rings is 2. The number of aryl methyl sites for hydroxylation is 1. The van der Waals surface area contributed by atoms with Crippen molar-refractivity contribution in [1.82, 2.24) is 24.8 Å². The van der Waals surface area contributed by atoms with Crippen LogP contribution in [0.3, 0.4) is 0 Å². The zero-order valence-electron chi connectivity index (χ0n) is 16.0. The molecule has 6 heteroatoms. The van der Waals surface area contributed by atoms with E-state index in [1.54, 1.807) is 12.4 Å². The third-order valence-electron chi connectivity index (χ3n) is 5.83. The molecule has 0 saturated carbocycles. The molecule has 2 aromatic rings. The Hall–Kier alpha value is -2.34. The zero-order chi connectivity index (χ0) is 18.7. The summed E-state index contributed by atoms with van der Waals surface area (Å²) >= 11 is 0. The van der Waals surface area contributed by atoms with Crippen molar-refractivity contribution in [1.29, 1.82) is 0 Å². The van der Waals surface area contributed by atoms with E-state index in [-0.39, 0.29) is 11.3 Å². The lowest BCUT2D eigenvalue weighted by Gasteiger charge is -2.48. The van der Waals surface area contributed by atoms with Crippen LogP contribution in [0.1, 0.15) is 47.4 Å². The second-order valence-electron chi connectivity index (χ2n) is 8.04. The first-order valence-electron chi connectivity index (χ1n) is 9.83. The van der Waals surface area contributed by atoms with Gasteiger partial charge in [-0.05, 0) is 51.3 Å². The smallest absolute Gasteiger partial charge is 0.257 e. The van der Waals surface area contributed by atoms with E-state index in [9.17, 15) is 4.79 Å². The molecule has 1 atom stereocenters. The molecule has 1 spiro atoms. The van der Waals surface area contributed by atoms with Gasteiger partial charge in [0.1, 0.15) is 6.33 Å². The van der Waals surface area contributed by atoms with Crippen molar-refractivity contribution in [3.63, 3.8) is 0 Å². The number of likely N-dealkylation sites (tertiary alicyclic amines) is 2. The van der Waals surface area contributed by atoms with Gasteiger partial charge in [-0.2, -0.15) is 0 Å². The van der Waals surface area contributed by atoms with Gasteiger partial charge < -0.3 is 4.90 Å². The molecule has 1 unspecified atom stereocenters.